The van der Waals surface area contributed by atoms with Crippen molar-refractivity contribution in [2.45, 2.75) is 33.0 Å². The van der Waals surface area contributed by atoms with Crippen LogP contribution in [0.1, 0.15) is 35.3 Å². The van der Waals surface area contributed by atoms with E-state index < -0.39 is 23.1 Å². The molecule has 0 unspecified atom stereocenters. The van der Waals surface area contributed by atoms with Gasteiger partial charge in [0.05, 0.1) is 24.5 Å². The number of carbonyl (C=O) groups excluding carboxylic acids is 1. The summed E-state index contributed by atoms with van der Waals surface area (Å²) in [6, 6.07) is 10.7. The van der Waals surface area contributed by atoms with Crippen LogP contribution in [0.25, 0.3) is 10.9 Å². The number of hydrogen-bond acceptors (Lipinski definition) is 5. The van der Waals surface area contributed by atoms with E-state index in [2.05, 4.69) is 15.3 Å². The molecule has 0 fully saturated rings. The molecule has 2 aromatic carbocycles. The standard InChI is InChI=1S/C25H22F2N4O3/c1-15(2)34-23-7-8-29-22-6-4-16(9-18(22)23)11-30-24(32)19-12-28-14-31(25(19)33)13-17-3-5-20(26)21(27)10-17/h3-10,12,14-15H,11,13H2,1-2H3,(H,30,32). The molecule has 0 bridgehead atoms. The number of aromatic nitrogens is 3. The van der Waals surface area contributed by atoms with Gasteiger partial charge in [-0.2, -0.15) is 0 Å². The third kappa shape index (κ3) is 5.09. The second kappa shape index (κ2) is 9.78. The van der Waals surface area contributed by atoms with Gasteiger partial charge in [-0.15, -0.1) is 0 Å². The molecule has 1 amide bonds. The van der Waals surface area contributed by atoms with Gasteiger partial charge >= 0.3 is 0 Å². The van der Waals surface area contributed by atoms with E-state index >= 15 is 0 Å². The van der Waals surface area contributed by atoms with Crippen LogP contribution in [-0.2, 0) is 13.1 Å². The van der Waals surface area contributed by atoms with Crippen molar-refractivity contribution in [1.82, 2.24) is 19.9 Å². The van der Waals surface area contributed by atoms with Crippen molar-refractivity contribution in [3.63, 3.8) is 0 Å². The lowest BCUT2D eigenvalue weighted by molar-refractivity contribution is 0.0948. The van der Waals surface area contributed by atoms with Crippen LogP contribution in [0.4, 0.5) is 8.78 Å². The second-order valence-electron chi connectivity index (χ2n) is 8.00. The molecule has 0 radical (unpaired) electrons. The summed E-state index contributed by atoms with van der Waals surface area (Å²) in [6.07, 6.45) is 4.09. The molecule has 7 nitrogen and oxygen atoms in total. The van der Waals surface area contributed by atoms with Crippen LogP contribution in [0.15, 0.2) is 66.0 Å². The molecule has 2 heterocycles. The number of hydrogen-bond donors (Lipinski definition) is 1. The quantitative estimate of drug-likeness (QED) is 0.449. The van der Waals surface area contributed by atoms with E-state index in [0.717, 1.165) is 28.6 Å². The first-order valence-electron chi connectivity index (χ1n) is 10.6. The first-order chi connectivity index (χ1) is 16.3. The number of halogens is 2. The number of nitrogens with zero attached hydrogens (tertiary/aromatic N) is 3. The number of nitrogens with one attached hydrogen (secondary N) is 1. The summed E-state index contributed by atoms with van der Waals surface area (Å²) in [5.41, 5.74) is 1.18. The molecule has 1 N–H and O–H groups in total. The van der Waals surface area contributed by atoms with Crippen molar-refractivity contribution in [2.24, 2.45) is 0 Å². The Balaban J connectivity index is 1.51. The highest BCUT2D eigenvalue weighted by Crippen LogP contribution is 2.26. The van der Waals surface area contributed by atoms with Gasteiger partial charge in [0, 0.05) is 24.3 Å². The zero-order valence-corrected chi connectivity index (χ0v) is 18.6. The first-order valence-corrected chi connectivity index (χ1v) is 10.6. The fourth-order valence-electron chi connectivity index (χ4n) is 3.47. The molecule has 0 aliphatic rings. The lowest BCUT2D eigenvalue weighted by Crippen LogP contribution is -2.33. The highest BCUT2D eigenvalue weighted by Gasteiger charge is 2.14. The molecule has 0 atom stereocenters. The van der Waals surface area contributed by atoms with Crippen molar-refractivity contribution < 1.29 is 18.3 Å². The van der Waals surface area contributed by atoms with Gasteiger partial charge in [-0.3, -0.25) is 19.1 Å². The molecule has 2 aromatic heterocycles. The van der Waals surface area contributed by atoms with E-state index in [-0.39, 0.29) is 24.8 Å². The minimum absolute atomic E-state index is 0.00638. The molecular weight excluding hydrogens is 442 g/mol. The van der Waals surface area contributed by atoms with Crippen LogP contribution in [-0.4, -0.2) is 26.5 Å². The van der Waals surface area contributed by atoms with Crippen LogP contribution in [0.2, 0.25) is 0 Å². The predicted molar refractivity (Wildman–Crippen MR) is 123 cm³/mol. The summed E-state index contributed by atoms with van der Waals surface area (Å²) in [5.74, 6) is -1.89. The Bertz CT molecular complexity index is 1420. The average Bonchev–Trinajstić information content (AvgIpc) is 2.81. The molecule has 4 aromatic rings. The normalized spacial score (nSPS) is 11.1. The fourth-order valence-corrected chi connectivity index (χ4v) is 3.47. The number of pyridine rings is 1. The fraction of sp³-hybridized carbons (Fsp3) is 0.200. The van der Waals surface area contributed by atoms with Crippen molar-refractivity contribution >= 4 is 16.8 Å². The predicted octanol–water partition coefficient (Wildman–Crippen LogP) is 3.84. The van der Waals surface area contributed by atoms with Gasteiger partial charge in [0.1, 0.15) is 11.3 Å². The van der Waals surface area contributed by atoms with Gasteiger partial charge in [-0.05, 0) is 55.3 Å². The Morgan fingerprint density at radius 1 is 1.09 bits per heavy atom. The van der Waals surface area contributed by atoms with E-state index in [4.69, 9.17) is 4.74 Å². The highest BCUT2D eigenvalue weighted by molar-refractivity contribution is 5.93. The van der Waals surface area contributed by atoms with Gasteiger partial charge < -0.3 is 10.1 Å². The van der Waals surface area contributed by atoms with Gasteiger partial charge in [0.25, 0.3) is 11.5 Å². The first kappa shape index (κ1) is 23.0. The zero-order valence-electron chi connectivity index (χ0n) is 18.6. The monoisotopic (exact) mass is 464 g/mol. The van der Waals surface area contributed by atoms with Gasteiger partial charge in [0.15, 0.2) is 11.6 Å². The van der Waals surface area contributed by atoms with Crippen molar-refractivity contribution in [1.29, 1.82) is 0 Å². The van der Waals surface area contributed by atoms with E-state index in [1.807, 2.05) is 32.0 Å². The number of fused-ring (bicyclic) bond motifs is 1. The van der Waals surface area contributed by atoms with Crippen molar-refractivity contribution in [3.8, 4) is 5.75 Å². The SMILES string of the molecule is CC(C)Oc1ccnc2ccc(CNC(=O)c3cncn(Cc4ccc(F)c(F)c4)c3=O)cc12. The number of ether oxygens (including phenoxy) is 1. The smallest absolute Gasteiger partial charge is 0.266 e. The van der Waals surface area contributed by atoms with Crippen molar-refractivity contribution in [3.05, 3.63) is 99.9 Å². The van der Waals surface area contributed by atoms with E-state index in [1.54, 1.807) is 12.3 Å². The zero-order chi connectivity index (χ0) is 24.2. The van der Waals surface area contributed by atoms with E-state index in [0.29, 0.717) is 11.3 Å². The Hall–Kier alpha value is -4.14. The van der Waals surface area contributed by atoms with Crippen LogP contribution >= 0.6 is 0 Å². The summed E-state index contributed by atoms with van der Waals surface area (Å²) in [7, 11) is 0. The Morgan fingerprint density at radius 3 is 2.65 bits per heavy atom. The maximum Gasteiger partial charge on any atom is 0.266 e. The van der Waals surface area contributed by atoms with Gasteiger partial charge in [-0.1, -0.05) is 12.1 Å². The topological polar surface area (TPSA) is 86.1 Å². The maximum atomic E-state index is 13.5. The molecular formula is C25H22F2N4O3. The number of rotatable bonds is 7. The molecule has 174 valence electrons. The molecule has 0 aliphatic carbocycles. The number of amides is 1. The molecule has 4 rings (SSSR count). The van der Waals surface area contributed by atoms with Crippen LogP contribution in [0.5, 0.6) is 5.75 Å². The summed E-state index contributed by atoms with van der Waals surface area (Å²) >= 11 is 0. The molecule has 0 aliphatic heterocycles. The molecule has 34 heavy (non-hydrogen) atoms. The largest absolute Gasteiger partial charge is 0.490 e. The number of benzene rings is 2. The van der Waals surface area contributed by atoms with Gasteiger partial charge in [0.2, 0.25) is 0 Å². The maximum absolute atomic E-state index is 13.5. The molecule has 0 spiro atoms. The number of carbonyl (C=O) groups is 1. The second-order valence-corrected chi connectivity index (χ2v) is 8.00. The summed E-state index contributed by atoms with van der Waals surface area (Å²) in [4.78, 5) is 33.8. The molecule has 9 heteroatoms. The minimum Gasteiger partial charge on any atom is -0.490 e. The molecule has 0 saturated carbocycles. The van der Waals surface area contributed by atoms with Crippen molar-refractivity contribution in [2.75, 3.05) is 0 Å². The third-order valence-corrected chi connectivity index (χ3v) is 5.06. The lowest BCUT2D eigenvalue weighted by atomic mass is 10.1. The Labute approximate surface area is 194 Å². The summed E-state index contributed by atoms with van der Waals surface area (Å²) in [5, 5.41) is 3.54. The average molecular weight is 464 g/mol. The van der Waals surface area contributed by atoms with Gasteiger partial charge in [-0.25, -0.2) is 13.8 Å². The van der Waals surface area contributed by atoms with Crippen LogP contribution in [0, 0.1) is 11.6 Å². The third-order valence-electron chi connectivity index (χ3n) is 5.06. The summed E-state index contributed by atoms with van der Waals surface area (Å²) in [6.45, 7) is 3.98. The lowest BCUT2D eigenvalue weighted by Gasteiger charge is -2.13. The minimum atomic E-state index is -1.01. The Kier molecular flexibility index (Phi) is 6.62. The Morgan fingerprint density at radius 2 is 1.88 bits per heavy atom. The molecule has 0 saturated heterocycles. The van der Waals surface area contributed by atoms with Crippen LogP contribution < -0.4 is 15.6 Å². The van der Waals surface area contributed by atoms with E-state index in [1.165, 1.54) is 23.2 Å². The summed E-state index contributed by atoms with van der Waals surface area (Å²) < 4.78 is 33.6. The highest BCUT2D eigenvalue weighted by atomic mass is 19.2. The van der Waals surface area contributed by atoms with Crippen LogP contribution in [0.3, 0.4) is 0 Å². The van der Waals surface area contributed by atoms with E-state index in [9.17, 15) is 18.4 Å².